The number of nitrogens with one attached hydrogen (secondary N) is 2. The standard InChI is InChI=1S/C21H28ClN5O2S/c1-11(2)24-18-8-15(6-13(4)25-18)21-27-26-20(30-21)14-5-12(3)19(17(22)7-14)29-10-16(23)9-28/h5-8,11,16,18,24-25,28H,9-10,23H2,1-4H3/t16-,18?/m1/s1. The van der Waals surface area contributed by atoms with Gasteiger partial charge in [-0.3, -0.25) is 5.32 Å². The quantitative estimate of drug-likeness (QED) is 0.490. The lowest BCUT2D eigenvalue weighted by Gasteiger charge is -2.25. The van der Waals surface area contributed by atoms with Crippen LogP contribution in [0.5, 0.6) is 5.75 Å². The van der Waals surface area contributed by atoms with Crippen LogP contribution < -0.4 is 21.1 Å². The van der Waals surface area contributed by atoms with Crippen molar-refractivity contribution >= 4 is 28.5 Å². The van der Waals surface area contributed by atoms with Crippen molar-refractivity contribution in [2.75, 3.05) is 13.2 Å². The molecule has 0 bridgehead atoms. The molecule has 0 saturated heterocycles. The van der Waals surface area contributed by atoms with Gasteiger partial charge in [-0.05, 0) is 57.5 Å². The van der Waals surface area contributed by atoms with E-state index >= 15 is 0 Å². The fourth-order valence-corrected chi connectivity index (χ4v) is 4.26. The third-order valence-electron chi connectivity index (χ3n) is 4.44. The molecule has 0 radical (unpaired) electrons. The molecular formula is C21H28ClN5O2S. The second kappa shape index (κ2) is 9.89. The Hall–Kier alpha value is -1.97. The van der Waals surface area contributed by atoms with Crippen molar-refractivity contribution in [3.8, 4) is 16.3 Å². The number of rotatable bonds is 8. The topological polar surface area (TPSA) is 105 Å². The van der Waals surface area contributed by atoms with E-state index in [2.05, 4.69) is 46.8 Å². The molecule has 0 saturated carbocycles. The van der Waals surface area contributed by atoms with Gasteiger partial charge in [-0.1, -0.05) is 22.9 Å². The maximum atomic E-state index is 9.06. The lowest BCUT2D eigenvalue weighted by Crippen LogP contribution is -2.44. The number of halogens is 1. The Morgan fingerprint density at radius 2 is 2.03 bits per heavy atom. The highest BCUT2D eigenvalue weighted by Crippen LogP contribution is 2.36. The Morgan fingerprint density at radius 1 is 1.30 bits per heavy atom. The Balaban J connectivity index is 1.83. The van der Waals surface area contributed by atoms with Crippen LogP contribution in [0.15, 0.2) is 30.0 Å². The Bertz CT molecular complexity index is 934. The molecule has 7 nitrogen and oxygen atoms in total. The van der Waals surface area contributed by atoms with Gasteiger partial charge in [0.25, 0.3) is 0 Å². The molecule has 0 spiro atoms. The van der Waals surface area contributed by atoms with Crippen molar-refractivity contribution in [2.24, 2.45) is 5.73 Å². The first-order chi connectivity index (χ1) is 14.3. The Kier molecular flexibility index (Phi) is 7.49. The van der Waals surface area contributed by atoms with Crippen LogP contribution >= 0.6 is 22.9 Å². The number of aliphatic hydroxyl groups is 1. The first kappa shape index (κ1) is 22.7. The molecule has 162 valence electrons. The van der Waals surface area contributed by atoms with Crippen LogP contribution in [0.25, 0.3) is 16.1 Å². The summed E-state index contributed by atoms with van der Waals surface area (Å²) in [5, 5.41) is 26.8. The monoisotopic (exact) mass is 449 g/mol. The van der Waals surface area contributed by atoms with E-state index in [0.717, 1.165) is 32.4 Å². The zero-order valence-corrected chi connectivity index (χ0v) is 19.1. The minimum Gasteiger partial charge on any atom is -0.490 e. The van der Waals surface area contributed by atoms with Crippen molar-refractivity contribution in [2.45, 2.75) is 45.9 Å². The van der Waals surface area contributed by atoms with E-state index in [-0.39, 0.29) is 19.4 Å². The summed E-state index contributed by atoms with van der Waals surface area (Å²) in [4.78, 5) is 0. The van der Waals surface area contributed by atoms with Crippen LogP contribution in [0, 0.1) is 6.92 Å². The van der Waals surface area contributed by atoms with Crippen molar-refractivity contribution in [1.82, 2.24) is 20.8 Å². The lowest BCUT2D eigenvalue weighted by atomic mass is 10.1. The average molecular weight is 450 g/mol. The second-order valence-corrected chi connectivity index (χ2v) is 9.05. The lowest BCUT2D eigenvalue weighted by molar-refractivity contribution is 0.206. The molecule has 2 heterocycles. The van der Waals surface area contributed by atoms with Gasteiger partial charge in [0.1, 0.15) is 22.4 Å². The highest BCUT2D eigenvalue weighted by atomic mass is 35.5. The van der Waals surface area contributed by atoms with Gasteiger partial charge >= 0.3 is 0 Å². The van der Waals surface area contributed by atoms with Gasteiger partial charge in [0.2, 0.25) is 0 Å². The Morgan fingerprint density at radius 3 is 2.70 bits per heavy atom. The van der Waals surface area contributed by atoms with Gasteiger partial charge < -0.3 is 20.9 Å². The number of aryl methyl sites for hydroxylation is 1. The molecule has 0 fully saturated rings. The molecule has 0 aliphatic carbocycles. The molecule has 1 aliphatic rings. The van der Waals surface area contributed by atoms with Crippen molar-refractivity contribution in [3.63, 3.8) is 0 Å². The molecule has 1 aromatic heterocycles. The van der Waals surface area contributed by atoms with E-state index in [1.165, 1.54) is 11.3 Å². The van der Waals surface area contributed by atoms with E-state index in [1.807, 2.05) is 26.0 Å². The van der Waals surface area contributed by atoms with E-state index in [0.29, 0.717) is 16.8 Å². The maximum absolute atomic E-state index is 9.06. The van der Waals surface area contributed by atoms with Gasteiger partial charge in [-0.15, -0.1) is 10.2 Å². The summed E-state index contributed by atoms with van der Waals surface area (Å²) >= 11 is 7.96. The minimum atomic E-state index is -0.449. The number of nitrogens with zero attached hydrogens (tertiary/aromatic N) is 2. The molecule has 3 rings (SSSR count). The summed E-state index contributed by atoms with van der Waals surface area (Å²) in [6.45, 7) is 8.23. The van der Waals surface area contributed by atoms with Crippen molar-refractivity contribution < 1.29 is 9.84 Å². The summed E-state index contributed by atoms with van der Waals surface area (Å²) in [5.41, 5.74) is 9.57. The first-order valence-electron chi connectivity index (χ1n) is 9.83. The van der Waals surface area contributed by atoms with Crippen LogP contribution in [-0.4, -0.2) is 46.8 Å². The molecular weight excluding hydrogens is 422 g/mol. The summed E-state index contributed by atoms with van der Waals surface area (Å²) in [5.74, 6) is 0.566. The summed E-state index contributed by atoms with van der Waals surface area (Å²) < 4.78 is 5.69. The van der Waals surface area contributed by atoms with Gasteiger partial charge in [0, 0.05) is 22.9 Å². The van der Waals surface area contributed by atoms with Crippen molar-refractivity contribution in [1.29, 1.82) is 0 Å². The number of dihydropyridines is 1. The van der Waals surface area contributed by atoms with E-state index in [4.69, 9.17) is 27.2 Å². The normalized spacial score (nSPS) is 17.4. The van der Waals surface area contributed by atoms with Crippen LogP contribution in [0.1, 0.15) is 31.3 Å². The number of nitrogens with two attached hydrogens (primary N) is 1. The molecule has 30 heavy (non-hydrogen) atoms. The third kappa shape index (κ3) is 5.59. The predicted octanol–water partition coefficient (Wildman–Crippen LogP) is 3.08. The highest BCUT2D eigenvalue weighted by molar-refractivity contribution is 7.15. The van der Waals surface area contributed by atoms with E-state index in [9.17, 15) is 0 Å². The van der Waals surface area contributed by atoms with Gasteiger partial charge in [-0.2, -0.15) is 0 Å². The summed E-state index contributed by atoms with van der Waals surface area (Å²) in [6, 6.07) is 3.69. The molecule has 1 aromatic carbocycles. The smallest absolute Gasteiger partial charge is 0.148 e. The molecule has 2 aromatic rings. The summed E-state index contributed by atoms with van der Waals surface area (Å²) in [7, 11) is 0. The number of benzene rings is 1. The average Bonchev–Trinajstić information content (AvgIpc) is 3.16. The van der Waals surface area contributed by atoms with Crippen LogP contribution in [0.3, 0.4) is 0 Å². The third-order valence-corrected chi connectivity index (χ3v) is 5.74. The van der Waals surface area contributed by atoms with Gasteiger partial charge in [0.05, 0.1) is 23.8 Å². The first-order valence-corrected chi connectivity index (χ1v) is 11.0. The van der Waals surface area contributed by atoms with Crippen LogP contribution in [-0.2, 0) is 0 Å². The molecule has 9 heteroatoms. The Labute approximate surface area is 186 Å². The van der Waals surface area contributed by atoms with Crippen LogP contribution in [0.2, 0.25) is 5.02 Å². The van der Waals surface area contributed by atoms with Gasteiger partial charge in [-0.25, -0.2) is 0 Å². The number of hydrogen-bond donors (Lipinski definition) is 4. The fraction of sp³-hybridized carbons (Fsp3) is 0.429. The SMILES string of the molecule is CC1=CC(c2nnc(-c3cc(C)c(OC[C@H](N)CO)c(Cl)c3)s2)=CC(NC(C)C)N1. The van der Waals surface area contributed by atoms with Crippen molar-refractivity contribution in [3.05, 3.63) is 45.6 Å². The molecule has 0 amide bonds. The molecule has 2 atom stereocenters. The predicted molar refractivity (Wildman–Crippen MR) is 123 cm³/mol. The zero-order valence-electron chi connectivity index (χ0n) is 17.6. The summed E-state index contributed by atoms with van der Waals surface area (Å²) in [6.07, 6.45) is 4.25. The number of aliphatic hydroxyl groups excluding tert-OH is 1. The molecule has 1 unspecified atom stereocenters. The fourth-order valence-electron chi connectivity index (χ4n) is 3.11. The highest BCUT2D eigenvalue weighted by Gasteiger charge is 2.18. The molecule has 5 N–H and O–H groups in total. The molecule has 1 aliphatic heterocycles. The van der Waals surface area contributed by atoms with E-state index < -0.39 is 6.04 Å². The number of ether oxygens (including phenoxy) is 1. The second-order valence-electron chi connectivity index (χ2n) is 7.66. The number of hydrogen-bond acceptors (Lipinski definition) is 8. The largest absolute Gasteiger partial charge is 0.490 e. The van der Waals surface area contributed by atoms with Gasteiger partial charge in [0.15, 0.2) is 0 Å². The zero-order chi connectivity index (χ0) is 21.8. The minimum absolute atomic E-state index is 0.0516. The van der Waals surface area contributed by atoms with Crippen LogP contribution in [0.4, 0.5) is 0 Å². The number of aromatic nitrogens is 2. The maximum Gasteiger partial charge on any atom is 0.148 e. The van der Waals surface area contributed by atoms with E-state index in [1.54, 1.807) is 0 Å². The number of allylic oxidation sites excluding steroid dienone is 3.